The highest BCUT2D eigenvalue weighted by Gasteiger charge is 2.38. The average Bonchev–Trinajstić information content (AvgIpc) is 3.01. The molecule has 2 aromatic carbocycles. The van der Waals surface area contributed by atoms with E-state index in [2.05, 4.69) is 5.32 Å². The van der Waals surface area contributed by atoms with E-state index in [1.165, 1.54) is 4.90 Å². The Labute approximate surface area is 189 Å². The van der Waals surface area contributed by atoms with Gasteiger partial charge in [0.1, 0.15) is 5.70 Å². The maximum absolute atomic E-state index is 13.2. The van der Waals surface area contributed by atoms with Crippen LogP contribution in [-0.2, 0) is 14.3 Å². The Hall–Kier alpha value is -3.32. The Morgan fingerprint density at radius 3 is 2.25 bits per heavy atom. The van der Waals surface area contributed by atoms with Crippen molar-refractivity contribution in [3.8, 4) is 11.5 Å². The maximum Gasteiger partial charge on any atom is 0.278 e. The monoisotopic (exact) mass is 438 g/mol. The van der Waals surface area contributed by atoms with Gasteiger partial charge in [0.25, 0.3) is 11.8 Å². The van der Waals surface area contributed by atoms with Gasteiger partial charge in [-0.05, 0) is 44.9 Å². The largest absolute Gasteiger partial charge is 0.490 e. The van der Waals surface area contributed by atoms with E-state index in [0.717, 1.165) is 5.56 Å². The molecular weight excluding hydrogens is 408 g/mol. The SMILES string of the molecule is CCOc1ccc(NC2=C(c3ccc(C)cc3)C(=O)N(CCCOC)C2=O)cc1OCC. The molecule has 0 atom stereocenters. The van der Waals surface area contributed by atoms with E-state index in [9.17, 15) is 9.59 Å². The van der Waals surface area contributed by atoms with Crippen LogP contribution in [0.4, 0.5) is 5.69 Å². The van der Waals surface area contributed by atoms with Gasteiger partial charge < -0.3 is 19.5 Å². The lowest BCUT2D eigenvalue weighted by Crippen LogP contribution is -2.33. The first-order chi connectivity index (χ1) is 15.5. The van der Waals surface area contributed by atoms with Crippen LogP contribution in [0.5, 0.6) is 11.5 Å². The molecule has 2 aromatic rings. The highest BCUT2D eigenvalue weighted by molar-refractivity contribution is 6.36. The van der Waals surface area contributed by atoms with E-state index in [4.69, 9.17) is 14.2 Å². The lowest BCUT2D eigenvalue weighted by atomic mass is 10.0. The molecule has 1 N–H and O–H groups in total. The van der Waals surface area contributed by atoms with Crippen molar-refractivity contribution in [2.75, 3.05) is 38.8 Å². The van der Waals surface area contributed by atoms with Crippen molar-refractivity contribution in [2.24, 2.45) is 0 Å². The van der Waals surface area contributed by atoms with E-state index in [0.29, 0.717) is 61.1 Å². The number of benzene rings is 2. The number of ether oxygens (including phenoxy) is 3. The molecule has 0 unspecified atom stereocenters. The van der Waals surface area contributed by atoms with Gasteiger partial charge in [0.2, 0.25) is 0 Å². The number of amides is 2. The zero-order chi connectivity index (χ0) is 23.1. The Bertz CT molecular complexity index is 998. The molecule has 1 heterocycles. The number of methoxy groups -OCH3 is 1. The van der Waals surface area contributed by atoms with Crippen molar-refractivity contribution in [3.63, 3.8) is 0 Å². The van der Waals surface area contributed by atoms with E-state index in [-0.39, 0.29) is 17.5 Å². The summed E-state index contributed by atoms with van der Waals surface area (Å²) in [4.78, 5) is 27.7. The average molecular weight is 439 g/mol. The predicted octanol–water partition coefficient (Wildman–Crippen LogP) is 4.02. The zero-order valence-electron chi connectivity index (χ0n) is 19.1. The van der Waals surface area contributed by atoms with Gasteiger partial charge in [-0.1, -0.05) is 29.8 Å². The molecule has 0 bridgehead atoms. The first-order valence-corrected chi connectivity index (χ1v) is 10.8. The molecule has 1 aliphatic rings. The zero-order valence-corrected chi connectivity index (χ0v) is 19.1. The van der Waals surface area contributed by atoms with Gasteiger partial charge in [-0.15, -0.1) is 0 Å². The van der Waals surface area contributed by atoms with E-state index in [1.54, 1.807) is 25.3 Å². The normalized spacial score (nSPS) is 13.7. The number of hydrogen-bond donors (Lipinski definition) is 1. The van der Waals surface area contributed by atoms with Crippen molar-refractivity contribution in [3.05, 3.63) is 59.3 Å². The van der Waals surface area contributed by atoms with Crippen LogP contribution in [0, 0.1) is 6.92 Å². The maximum atomic E-state index is 13.2. The van der Waals surface area contributed by atoms with Crippen molar-refractivity contribution in [2.45, 2.75) is 27.2 Å². The summed E-state index contributed by atoms with van der Waals surface area (Å²) in [6.07, 6.45) is 0.569. The van der Waals surface area contributed by atoms with Gasteiger partial charge in [0.05, 0.1) is 18.8 Å². The highest BCUT2D eigenvalue weighted by Crippen LogP contribution is 2.34. The molecule has 3 rings (SSSR count). The van der Waals surface area contributed by atoms with Crippen LogP contribution in [0.15, 0.2) is 48.2 Å². The first-order valence-electron chi connectivity index (χ1n) is 10.8. The van der Waals surface area contributed by atoms with Gasteiger partial charge in [-0.3, -0.25) is 14.5 Å². The van der Waals surface area contributed by atoms with Crippen LogP contribution in [0.3, 0.4) is 0 Å². The molecule has 32 heavy (non-hydrogen) atoms. The van der Waals surface area contributed by atoms with E-state index in [1.807, 2.05) is 45.0 Å². The number of nitrogens with one attached hydrogen (secondary N) is 1. The predicted molar refractivity (Wildman–Crippen MR) is 124 cm³/mol. The lowest BCUT2D eigenvalue weighted by molar-refractivity contribution is -0.136. The number of carbonyl (C=O) groups excluding carboxylic acids is 2. The third-order valence-electron chi connectivity index (χ3n) is 5.05. The smallest absolute Gasteiger partial charge is 0.278 e. The highest BCUT2D eigenvalue weighted by atomic mass is 16.5. The van der Waals surface area contributed by atoms with Crippen molar-refractivity contribution in [1.29, 1.82) is 0 Å². The summed E-state index contributed by atoms with van der Waals surface area (Å²) in [6.45, 7) is 7.53. The topological polar surface area (TPSA) is 77.1 Å². The van der Waals surface area contributed by atoms with Gasteiger partial charge in [-0.2, -0.15) is 0 Å². The van der Waals surface area contributed by atoms with E-state index < -0.39 is 0 Å². The van der Waals surface area contributed by atoms with Gasteiger partial charge in [0, 0.05) is 32.0 Å². The number of rotatable bonds is 11. The summed E-state index contributed by atoms with van der Waals surface area (Å²) in [7, 11) is 1.60. The minimum Gasteiger partial charge on any atom is -0.490 e. The number of anilines is 1. The summed E-state index contributed by atoms with van der Waals surface area (Å²) < 4.78 is 16.4. The second-order valence-corrected chi connectivity index (χ2v) is 7.38. The second kappa shape index (κ2) is 10.8. The van der Waals surface area contributed by atoms with Gasteiger partial charge in [0.15, 0.2) is 11.5 Å². The molecule has 170 valence electrons. The summed E-state index contributed by atoms with van der Waals surface area (Å²) in [6, 6.07) is 12.9. The van der Waals surface area contributed by atoms with Crippen LogP contribution < -0.4 is 14.8 Å². The number of carbonyl (C=O) groups is 2. The Balaban J connectivity index is 1.98. The Kier molecular flexibility index (Phi) is 7.89. The van der Waals surface area contributed by atoms with Gasteiger partial charge >= 0.3 is 0 Å². The molecule has 2 amide bonds. The fourth-order valence-electron chi connectivity index (χ4n) is 3.52. The van der Waals surface area contributed by atoms with Crippen molar-refractivity contribution < 1.29 is 23.8 Å². The first kappa shape index (κ1) is 23.3. The fraction of sp³-hybridized carbons (Fsp3) is 0.360. The van der Waals surface area contributed by atoms with Crippen LogP contribution >= 0.6 is 0 Å². The molecule has 7 heteroatoms. The van der Waals surface area contributed by atoms with Crippen LogP contribution in [0.25, 0.3) is 5.57 Å². The van der Waals surface area contributed by atoms with Crippen LogP contribution in [-0.4, -0.2) is 50.2 Å². The third-order valence-corrected chi connectivity index (χ3v) is 5.05. The fourth-order valence-corrected chi connectivity index (χ4v) is 3.52. The molecule has 0 spiro atoms. The minimum absolute atomic E-state index is 0.253. The van der Waals surface area contributed by atoms with Crippen LogP contribution in [0.2, 0.25) is 0 Å². The second-order valence-electron chi connectivity index (χ2n) is 7.38. The Morgan fingerprint density at radius 1 is 0.906 bits per heavy atom. The molecule has 1 aliphatic heterocycles. The summed E-state index contributed by atoms with van der Waals surface area (Å²) >= 11 is 0. The number of hydrogen-bond acceptors (Lipinski definition) is 6. The number of imide groups is 1. The molecule has 0 saturated heterocycles. The molecule has 7 nitrogen and oxygen atoms in total. The quantitative estimate of drug-likeness (QED) is 0.422. The summed E-state index contributed by atoms with van der Waals surface area (Å²) in [5, 5.41) is 3.17. The molecule has 0 fully saturated rings. The van der Waals surface area contributed by atoms with Crippen molar-refractivity contribution >= 4 is 23.1 Å². The molecule has 0 saturated carbocycles. The lowest BCUT2D eigenvalue weighted by Gasteiger charge is -2.16. The van der Waals surface area contributed by atoms with Crippen molar-refractivity contribution in [1.82, 2.24) is 4.90 Å². The third kappa shape index (κ3) is 5.11. The molecule has 0 aliphatic carbocycles. The standard InChI is InChI=1S/C25H30N2O5/c1-5-31-20-13-12-19(16-21(20)32-6-2)26-23-22(18-10-8-17(3)9-11-18)24(28)27(25(23)29)14-7-15-30-4/h8-13,16,26H,5-7,14-15H2,1-4H3. The number of nitrogens with zero attached hydrogens (tertiary/aromatic N) is 1. The summed E-state index contributed by atoms with van der Waals surface area (Å²) in [5.41, 5.74) is 3.02. The summed E-state index contributed by atoms with van der Waals surface area (Å²) in [5.74, 6) is 0.537. The molecule has 0 radical (unpaired) electrons. The number of aryl methyl sites for hydroxylation is 1. The van der Waals surface area contributed by atoms with Crippen LogP contribution in [0.1, 0.15) is 31.4 Å². The Morgan fingerprint density at radius 2 is 1.59 bits per heavy atom. The molecule has 0 aromatic heterocycles. The minimum atomic E-state index is -0.353. The molecular formula is C25H30N2O5. The van der Waals surface area contributed by atoms with Gasteiger partial charge in [-0.25, -0.2) is 0 Å². The van der Waals surface area contributed by atoms with E-state index >= 15 is 0 Å².